The quantitative estimate of drug-likeness (QED) is 0.808. The molecule has 0 fully saturated rings. The lowest BCUT2D eigenvalue weighted by Crippen LogP contribution is -2.04. The fraction of sp³-hybridized carbons (Fsp3) is 0.300. The number of aliphatic hydroxyl groups is 1. The molecule has 15 heavy (non-hydrogen) atoms. The normalized spacial score (nSPS) is 10.5. The van der Waals surface area contributed by atoms with Gasteiger partial charge in [-0.1, -0.05) is 6.07 Å². The summed E-state index contributed by atoms with van der Waals surface area (Å²) in [6.45, 7) is 1.46. The number of nitrogens with one attached hydrogen (secondary N) is 1. The van der Waals surface area contributed by atoms with Gasteiger partial charge in [0.05, 0.1) is 19.7 Å². The minimum atomic E-state index is 0.117. The SMILES string of the molecule is OCCn1ccc(NCc2cccs2)n1. The highest BCUT2D eigenvalue weighted by Gasteiger charge is 1.98. The van der Waals surface area contributed by atoms with Crippen molar-refractivity contribution >= 4 is 17.2 Å². The molecule has 0 radical (unpaired) electrons. The first-order valence-corrected chi connectivity index (χ1v) is 5.67. The highest BCUT2D eigenvalue weighted by Crippen LogP contribution is 2.11. The smallest absolute Gasteiger partial charge is 0.148 e. The Morgan fingerprint density at radius 2 is 2.40 bits per heavy atom. The molecule has 0 unspecified atom stereocenters. The van der Waals surface area contributed by atoms with Crippen LogP contribution in [-0.4, -0.2) is 21.5 Å². The standard InChI is InChI=1S/C10H13N3OS/c14-6-5-13-4-3-10(12-13)11-8-9-2-1-7-15-9/h1-4,7,14H,5-6,8H2,(H,11,12). The van der Waals surface area contributed by atoms with Gasteiger partial charge in [0, 0.05) is 17.1 Å². The van der Waals surface area contributed by atoms with Gasteiger partial charge in [0.1, 0.15) is 5.82 Å². The van der Waals surface area contributed by atoms with Crippen LogP contribution in [0.4, 0.5) is 5.82 Å². The second-order valence-electron chi connectivity index (χ2n) is 3.12. The summed E-state index contributed by atoms with van der Waals surface area (Å²) in [6, 6.07) is 6.03. The van der Waals surface area contributed by atoms with Crippen LogP contribution in [0.5, 0.6) is 0 Å². The fourth-order valence-electron chi connectivity index (χ4n) is 1.27. The highest BCUT2D eigenvalue weighted by molar-refractivity contribution is 7.09. The first-order chi connectivity index (χ1) is 7.38. The van der Waals surface area contributed by atoms with Crippen molar-refractivity contribution < 1.29 is 5.11 Å². The van der Waals surface area contributed by atoms with Crippen LogP contribution >= 0.6 is 11.3 Å². The Hall–Kier alpha value is -1.33. The Morgan fingerprint density at radius 3 is 3.13 bits per heavy atom. The summed E-state index contributed by atoms with van der Waals surface area (Å²) >= 11 is 1.72. The first kappa shape index (κ1) is 10.2. The minimum Gasteiger partial charge on any atom is -0.394 e. The van der Waals surface area contributed by atoms with Gasteiger partial charge in [-0.15, -0.1) is 11.3 Å². The topological polar surface area (TPSA) is 50.1 Å². The summed E-state index contributed by atoms with van der Waals surface area (Å²) < 4.78 is 1.72. The third-order valence-electron chi connectivity index (χ3n) is 1.99. The third kappa shape index (κ3) is 2.81. The van der Waals surface area contributed by atoms with E-state index in [2.05, 4.69) is 21.9 Å². The van der Waals surface area contributed by atoms with Crippen molar-refractivity contribution in [2.45, 2.75) is 13.1 Å². The van der Waals surface area contributed by atoms with Crippen molar-refractivity contribution in [3.63, 3.8) is 0 Å². The Balaban J connectivity index is 1.88. The average Bonchev–Trinajstić information content (AvgIpc) is 2.85. The fourth-order valence-corrected chi connectivity index (χ4v) is 1.92. The van der Waals surface area contributed by atoms with Crippen molar-refractivity contribution in [2.24, 2.45) is 0 Å². The van der Waals surface area contributed by atoms with Gasteiger partial charge >= 0.3 is 0 Å². The van der Waals surface area contributed by atoms with E-state index in [9.17, 15) is 0 Å². The number of hydrogen-bond acceptors (Lipinski definition) is 4. The predicted molar refractivity (Wildman–Crippen MR) is 61.0 cm³/mol. The lowest BCUT2D eigenvalue weighted by Gasteiger charge is -2.00. The minimum absolute atomic E-state index is 0.117. The third-order valence-corrected chi connectivity index (χ3v) is 2.87. The van der Waals surface area contributed by atoms with Crippen molar-refractivity contribution in [1.82, 2.24) is 9.78 Å². The van der Waals surface area contributed by atoms with Crippen LogP contribution in [0, 0.1) is 0 Å². The number of rotatable bonds is 5. The maximum Gasteiger partial charge on any atom is 0.148 e. The molecule has 0 saturated carbocycles. The maximum absolute atomic E-state index is 8.73. The van der Waals surface area contributed by atoms with E-state index in [0.29, 0.717) is 6.54 Å². The Bertz CT molecular complexity index is 396. The van der Waals surface area contributed by atoms with E-state index >= 15 is 0 Å². The van der Waals surface area contributed by atoms with Gasteiger partial charge in [-0.2, -0.15) is 5.10 Å². The molecule has 2 aromatic rings. The molecule has 0 spiro atoms. The van der Waals surface area contributed by atoms with Gasteiger partial charge in [0.2, 0.25) is 0 Å². The van der Waals surface area contributed by atoms with Gasteiger partial charge in [-0.3, -0.25) is 4.68 Å². The molecule has 0 saturated heterocycles. The van der Waals surface area contributed by atoms with Crippen LogP contribution in [0.3, 0.4) is 0 Å². The van der Waals surface area contributed by atoms with Crippen LogP contribution in [0.25, 0.3) is 0 Å². The summed E-state index contributed by atoms with van der Waals surface area (Å²) in [5.74, 6) is 0.844. The largest absolute Gasteiger partial charge is 0.394 e. The zero-order valence-corrected chi connectivity index (χ0v) is 9.07. The van der Waals surface area contributed by atoms with E-state index < -0.39 is 0 Å². The van der Waals surface area contributed by atoms with Crippen LogP contribution < -0.4 is 5.32 Å². The molecule has 0 aliphatic carbocycles. The van der Waals surface area contributed by atoms with Crippen molar-refractivity contribution in [3.8, 4) is 0 Å². The highest BCUT2D eigenvalue weighted by atomic mass is 32.1. The molecule has 0 bridgehead atoms. The van der Waals surface area contributed by atoms with Crippen molar-refractivity contribution in [2.75, 3.05) is 11.9 Å². The molecule has 2 N–H and O–H groups in total. The van der Waals surface area contributed by atoms with Crippen LogP contribution in [0.1, 0.15) is 4.88 Å². The zero-order valence-electron chi connectivity index (χ0n) is 8.26. The molecule has 2 heterocycles. The number of aromatic nitrogens is 2. The summed E-state index contributed by atoms with van der Waals surface area (Å²) in [5, 5.41) is 18.3. The second kappa shape index (κ2) is 4.95. The van der Waals surface area contributed by atoms with E-state index in [1.807, 2.05) is 18.3 Å². The molecule has 0 atom stereocenters. The average molecular weight is 223 g/mol. The molecule has 0 aliphatic heterocycles. The van der Waals surface area contributed by atoms with Gasteiger partial charge < -0.3 is 10.4 Å². The summed E-state index contributed by atoms with van der Waals surface area (Å²) in [6.07, 6.45) is 1.85. The molecule has 2 aromatic heterocycles. The Labute approximate surface area is 92.2 Å². The van der Waals surface area contributed by atoms with Gasteiger partial charge in [-0.25, -0.2) is 0 Å². The van der Waals surface area contributed by atoms with Crippen molar-refractivity contribution in [1.29, 1.82) is 0 Å². The molecular weight excluding hydrogens is 210 g/mol. The molecule has 0 amide bonds. The predicted octanol–water partition coefficient (Wildman–Crippen LogP) is 1.55. The molecule has 80 valence electrons. The molecule has 0 aromatic carbocycles. The molecule has 2 rings (SSSR count). The van der Waals surface area contributed by atoms with E-state index in [-0.39, 0.29) is 6.61 Å². The monoisotopic (exact) mass is 223 g/mol. The number of anilines is 1. The van der Waals surface area contributed by atoms with Gasteiger partial charge in [0.15, 0.2) is 0 Å². The van der Waals surface area contributed by atoms with Crippen molar-refractivity contribution in [3.05, 3.63) is 34.7 Å². The number of hydrogen-bond donors (Lipinski definition) is 2. The van der Waals surface area contributed by atoms with E-state index in [1.165, 1.54) is 4.88 Å². The molecule has 4 nitrogen and oxygen atoms in total. The lowest BCUT2D eigenvalue weighted by molar-refractivity contribution is 0.269. The van der Waals surface area contributed by atoms with Gasteiger partial charge in [-0.05, 0) is 11.4 Å². The van der Waals surface area contributed by atoms with Crippen LogP contribution in [0.15, 0.2) is 29.8 Å². The number of aliphatic hydroxyl groups excluding tert-OH is 1. The summed E-state index contributed by atoms with van der Waals surface area (Å²) in [4.78, 5) is 1.28. The van der Waals surface area contributed by atoms with E-state index in [1.54, 1.807) is 16.0 Å². The molecule has 5 heteroatoms. The summed E-state index contributed by atoms with van der Waals surface area (Å²) in [5.41, 5.74) is 0. The number of nitrogens with zero attached hydrogens (tertiary/aromatic N) is 2. The maximum atomic E-state index is 8.73. The number of thiophene rings is 1. The Morgan fingerprint density at radius 1 is 1.47 bits per heavy atom. The van der Waals surface area contributed by atoms with Crippen LogP contribution in [-0.2, 0) is 13.1 Å². The molecular formula is C10H13N3OS. The second-order valence-corrected chi connectivity index (χ2v) is 4.15. The van der Waals surface area contributed by atoms with E-state index in [0.717, 1.165) is 12.4 Å². The summed E-state index contributed by atoms with van der Waals surface area (Å²) in [7, 11) is 0. The molecule has 0 aliphatic rings. The van der Waals surface area contributed by atoms with Crippen LogP contribution in [0.2, 0.25) is 0 Å². The van der Waals surface area contributed by atoms with E-state index in [4.69, 9.17) is 5.11 Å². The first-order valence-electron chi connectivity index (χ1n) is 4.79. The lowest BCUT2D eigenvalue weighted by atomic mass is 10.4. The van der Waals surface area contributed by atoms with Gasteiger partial charge in [0.25, 0.3) is 0 Å². The zero-order chi connectivity index (χ0) is 10.5. The Kier molecular flexibility index (Phi) is 3.37.